The van der Waals surface area contributed by atoms with Crippen molar-refractivity contribution in [3.05, 3.63) is 187 Å². The molecule has 5 aromatic rings. The smallest absolute Gasteiger partial charge is 0.407 e. The third-order valence-electron chi connectivity index (χ3n) is 11.3. The summed E-state index contributed by atoms with van der Waals surface area (Å²) < 4.78 is 22.7. The number of amides is 3. The summed E-state index contributed by atoms with van der Waals surface area (Å²) in [5.74, 6) is -3.50. The first-order valence-corrected chi connectivity index (χ1v) is 22.3. The van der Waals surface area contributed by atoms with E-state index in [0.717, 1.165) is 33.4 Å². The summed E-state index contributed by atoms with van der Waals surface area (Å²) in [6.45, 7) is 6.77. The van der Waals surface area contributed by atoms with Gasteiger partial charge in [-0.1, -0.05) is 133 Å². The largest absolute Gasteiger partial charge is 0.489 e. The summed E-state index contributed by atoms with van der Waals surface area (Å²) in [4.78, 5) is 67.7. The molecule has 0 saturated carbocycles. The number of esters is 2. The molecule has 348 valence electrons. The van der Waals surface area contributed by atoms with Crippen LogP contribution >= 0.6 is 0 Å². The second kappa shape index (κ2) is 25.3. The van der Waals surface area contributed by atoms with Crippen molar-refractivity contribution in [2.75, 3.05) is 19.8 Å². The molecule has 0 aromatic heterocycles. The minimum Gasteiger partial charge on any atom is -0.489 e. The van der Waals surface area contributed by atoms with Crippen LogP contribution in [0.25, 0.3) is 11.1 Å². The Labute approximate surface area is 391 Å². The molecule has 0 saturated heterocycles. The van der Waals surface area contributed by atoms with Crippen LogP contribution in [0.1, 0.15) is 59.4 Å². The fourth-order valence-corrected chi connectivity index (χ4v) is 7.77. The van der Waals surface area contributed by atoms with Crippen LogP contribution in [0.2, 0.25) is 0 Å². The van der Waals surface area contributed by atoms with Crippen LogP contribution in [0.5, 0.6) is 5.75 Å². The van der Waals surface area contributed by atoms with Crippen molar-refractivity contribution in [1.29, 1.82) is 0 Å². The molecule has 5 aromatic carbocycles. The molecular weight excluding hydrogens is 851 g/mol. The van der Waals surface area contributed by atoms with Gasteiger partial charge in [0.15, 0.2) is 6.04 Å². The number of benzene rings is 5. The lowest BCUT2D eigenvalue weighted by Crippen LogP contribution is -2.50. The third kappa shape index (κ3) is 14.5. The van der Waals surface area contributed by atoms with Crippen molar-refractivity contribution < 1.29 is 48.0 Å². The van der Waals surface area contributed by atoms with Crippen LogP contribution in [0, 0.1) is 5.92 Å². The van der Waals surface area contributed by atoms with Gasteiger partial charge in [-0.15, -0.1) is 13.2 Å². The summed E-state index contributed by atoms with van der Waals surface area (Å²) in [5, 5.41) is 18.2. The number of carbonyl (C=O) groups excluding carboxylic acids is 5. The molecule has 1 aliphatic carbocycles. The second-order valence-electron chi connectivity index (χ2n) is 16.2. The number of rotatable bonds is 25. The van der Waals surface area contributed by atoms with E-state index < -0.39 is 60.5 Å². The van der Waals surface area contributed by atoms with Gasteiger partial charge in [0.25, 0.3) is 0 Å². The Balaban J connectivity index is 1.05. The van der Waals surface area contributed by atoms with Gasteiger partial charge < -0.3 is 40.0 Å². The fourth-order valence-electron chi connectivity index (χ4n) is 7.77. The Morgan fingerprint density at radius 1 is 0.627 bits per heavy atom. The van der Waals surface area contributed by atoms with Crippen molar-refractivity contribution in [2.24, 2.45) is 5.92 Å². The Morgan fingerprint density at radius 2 is 1.22 bits per heavy atom. The average Bonchev–Trinajstić information content (AvgIpc) is 3.68. The monoisotopic (exact) mass is 907 g/mol. The van der Waals surface area contributed by atoms with Crippen LogP contribution < -0.4 is 20.7 Å². The molecular formula is C54H57N3O10. The molecule has 0 fully saturated rings. The van der Waals surface area contributed by atoms with E-state index in [-0.39, 0.29) is 45.0 Å². The number of aliphatic hydroxyl groups excluding tert-OH is 1. The highest BCUT2D eigenvalue weighted by molar-refractivity contribution is 5.90. The lowest BCUT2D eigenvalue weighted by Gasteiger charge is -2.23. The van der Waals surface area contributed by atoms with Gasteiger partial charge in [-0.2, -0.15) is 0 Å². The summed E-state index contributed by atoms with van der Waals surface area (Å²) in [6, 6.07) is 38.5. The van der Waals surface area contributed by atoms with E-state index in [1.165, 1.54) is 6.08 Å². The highest BCUT2D eigenvalue weighted by Gasteiger charge is 2.33. The first-order valence-electron chi connectivity index (χ1n) is 22.3. The predicted molar refractivity (Wildman–Crippen MR) is 253 cm³/mol. The molecule has 0 radical (unpaired) electrons. The molecule has 0 aliphatic heterocycles. The molecule has 0 spiro atoms. The van der Waals surface area contributed by atoms with Gasteiger partial charge in [0.2, 0.25) is 11.8 Å². The summed E-state index contributed by atoms with van der Waals surface area (Å²) >= 11 is 0. The summed E-state index contributed by atoms with van der Waals surface area (Å²) in [5.41, 5.74) is 6.75. The van der Waals surface area contributed by atoms with E-state index in [2.05, 4.69) is 29.1 Å². The number of hydrogen-bond donors (Lipinski definition) is 4. The van der Waals surface area contributed by atoms with Gasteiger partial charge in [-0.05, 0) is 76.8 Å². The lowest BCUT2D eigenvalue weighted by molar-refractivity contribution is -0.156. The van der Waals surface area contributed by atoms with Gasteiger partial charge in [-0.3, -0.25) is 9.59 Å². The average molecular weight is 908 g/mol. The maximum atomic E-state index is 13.8. The van der Waals surface area contributed by atoms with Crippen molar-refractivity contribution in [2.45, 2.75) is 69.4 Å². The highest BCUT2D eigenvalue weighted by Crippen LogP contribution is 2.44. The van der Waals surface area contributed by atoms with Gasteiger partial charge in [0.05, 0.1) is 18.6 Å². The second-order valence-corrected chi connectivity index (χ2v) is 16.2. The molecule has 1 aliphatic rings. The SMILES string of the molecule is C=CCC[C@H](NC(=O)OCC1c2ccccc2-c2ccccc21)C(=O)OC[C@@H](NC(=O)[C@@H](CC=C)CC(=O)N[C@H](CO)Cc1ccc(OCc2ccccc2)cc1)C(=O)OCc1ccccc1. The highest BCUT2D eigenvalue weighted by atomic mass is 16.6. The zero-order chi connectivity index (χ0) is 47.4. The molecule has 67 heavy (non-hydrogen) atoms. The summed E-state index contributed by atoms with van der Waals surface area (Å²) in [7, 11) is 0. The maximum Gasteiger partial charge on any atom is 0.407 e. The zero-order valence-corrected chi connectivity index (χ0v) is 37.3. The minimum atomic E-state index is -1.49. The van der Waals surface area contributed by atoms with Gasteiger partial charge >= 0.3 is 18.0 Å². The molecule has 0 heterocycles. The third-order valence-corrected chi connectivity index (χ3v) is 11.3. The van der Waals surface area contributed by atoms with E-state index in [1.807, 2.05) is 109 Å². The van der Waals surface area contributed by atoms with Crippen LogP contribution in [0.4, 0.5) is 4.79 Å². The molecule has 0 bridgehead atoms. The molecule has 4 atom stereocenters. The lowest BCUT2D eigenvalue weighted by atomic mass is 9.98. The Bertz CT molecular complexity index is 2400. The Hall–Kier alpha value is -7.51. The van der Waals surface area contributed by atoms with E-state index in [0.29, 0.717) is 30.8 Å². The number of alkyl carbamates (subject to hydrolysis) is 1. The molecule has 4 N–H and O–H groups in total. The number of ether oxygens (including phenoxy) is 4. The number of aliphatic hydroxyl groups is 1. The number of fused-ring (bicyclic) bond motifs is 3. The Morgan fingerprint density at radius 3 is 1.84 bits per heavy atom. The van der Waals surface area contributed by atoms with Gasteiger partial charge in [0.1, 0.15) is 38.2 Å². The van der Waals surface area contributed by atoms with E-state index in [4.69, 9.17) is 18.9 Å². The van der Waals surface area contributed by atoms with E-state index in [1.54, 1.807) is 30.3 Å². The van der Waals surface area contributed by atoms with Crippen LogP contribution in [0.15, 0.2) is 159 Å². The number of carbonyl (C=O) groups is 5. The normalized spacial score (nSPS) is 13.3. The minimum absolute atomic E-state index is 0.0224. The predicted octanol–water partition coefficient (Wildman–Crippen LogP) is 7.51. The molecule has 3 amide bonds. The number of nitrogens with one attached hydrogen (secondary N) is 3. The van der Waals surface area contributed by atoms with Crippen LogP contribution in [0.3, 0.4) is 0 Å². The molecule has 0 unspecified atom stereocenters. The molecule has 13 nitrogen and oxygen atoms in total. The number of hydrogen-bond acceptors (Lipinski definition) is 10. The van der Waals surface area contributed by atoms with Crippen molar-refractivity contribution in [3.63, 3.8) is 0 Å². The van der Waals surface area contributed by atoms with E-state index in [9.17, 15) is 29.1 Å². The van der Waals surface area contributed by atoms with E-state index >= 15 is 0 Å². The fraction of sp³-hybridized carbons (Fsp3) is 0.278. The Kier molecular flexibility index (Phi) is 18.4. The maximum absolute atomic E-state index is 13.8. The molecule has 13 heteroatoms. The van der Waals surface area contributed by atoms with Gasteiger partial charge in [-0.25, -0.2) is 14.4 Å². The van der Waals surface area contributed by atoms with Crippen LogP contribution in [-0.2, 0) is 53.0 Å². The zero-order valence-electron chi connectivity index (χ0n) is 37.3. The van der Waals surface area contributed by atoms with Crippen molar-refractivity contribution in [3.8, 4) is 16.9 Å². The first kappa shape index (κ1) is 48.9. The van der Waals surface area contributed by atoms with Crippen LogP contribution in [-0.4, -0.2) is 72.9 Å². The first-order chi connectivity index (χ1) is 32.6. The van der Waals surface area contributed by atoms with Gasteiger partial charge in [0, 0.05) is 12.3 Å². The molecule has 6 rings (SSSR count). The van der Waals surface area contributed by atoms with Crippen molar-refractivity contribution in [1.82, 2.24) is 16.0 Å². The van der Waals surface area contributed by atoms with Crippen molar-refractivity contribution >= 4 is 29.8 Å². The topological polar surface area (TPSA) is 179 Å². The number of allylic oxidation sites excluding steroid dienone is 2. The standard InChI is InChI=1S/C54H57N3O10/c1-3-5-25-48(57-54(63)67-35-47-45-23-14-12-21-43(45)44-22-13-15-24-46(44)47)52(61)66-36-49(53(62)65-34-39-19-10-7-11-20-39)56-51(60)40(16-4-2)31-50(59)55-41(32-58)30-37-26-28-42(29-27-37)64-33-38-17-8-6-9-18-38/h3-4,6-15,17-24,26-29,40-41,47-49,58H,1-2,5,16,25,30-36H2,(H,55,59)(H,56,60)(H,57,63)/t40-,41-,48-,49+/m0/s1. The quantitative estimate of drug-likeness (QED) is 0.0260. The summed E-state index contributed by atoms with van der Waals surface area (Å²) in [6.07, 6.45) is 2.74.